The van der Waals surface area contributed by atoms with Crippen molar-refractivity contribution in [2.75, 3.05) is 6.54 Å². The van der Waals surface area contributed by atoms with Crippen LogP contribution in [0.15, 0.2) is 12.3 Å². The minimum atomic E-state index is -0.109. The lowest BCUT2D eigenvalue weighted by Crippen LogP contribution is -2.37. The van der Waals surface area contributed by atoms with Crippen LogP contribution in [-0.4, -0.2) is 18.4 Å². The van der Waals surface area contributed by atoms with Gasteiger partial charge in [0, 0.05) is 18.7 Å². The largest absolute Gasteiger partial charge is 0.356 e. The molecule has 2 amide bonds. The maximum atomic E-state index is 11.2. The molecule has 92 valence electrons. The van der Waals surface area contributed by atoms with Crippen molar-refractivity contribution in [3.63, 3.8) is 0 Å². The Balaban J connectivity index is 3.64. The summed E-state index contributed by atoms with van der Waals surface area (Å²) in [5.41, 5.74) is 5.60. The third kappa shape index (κ3) is 7.84. The molecule has 5 heteroatoms. The summed E-state index contributed by atoms with van der Waals surface area (Å²) >= 11 is 0. The molecule has 0 spiro atoms. The SMILES string of the molecule is C=C(CC(=O)NCC)NNC(=O)CCCC. The van der Waals surface area contributed by atoms with Crippen LogP contribution in [0.3, 0.4) is 0 Å². The van der Waals surface area contributed by atoms with Gasteiger partial charge in [-0.15, -0.1) is 0 Å². The van der Waals surface area contributed by atoms with Crippen molar-refractivity contribution in [2.45, 2.75) is 39.5 Å². The van der Waals surface area contributed by atoms with Gasteiger partial charge in [-0.3, -0.25) is 15.0 Å². The summed E-state index contributed by atoms with van der Waals surface area (Å²) in [5, 5.41) is 2.65. The quantitative estimate of drug-likeness (QED) is 0.538. The number of carbonyl (C=O) groups excluding carboxylic acids is 2. The number of hydrazine groups is 1. The molecule has 0 aliphatic heterocycles. The van der Waals surface area contributed by atoms with Gasteiger partial charge in [-0.25, -0.2) is 0 Å². The molecule has 0 aromatic rings. The van der Waals surface area contributed by atoms with Gasteiger partial charge in [-0.1, -0.05) is 19.9 Å². The maximum Gasteiger partial charge on any atom is 0.238 e. The lowest BCUT2D eigenvalue weighted by Gasteiger charge is -2.10. The average molecular weight is 227 g/mol. The average Bonchev–Trinajstić information content (AvgIpc) is 2.23. The van der Waals surface area contributed by atoms with Crippen molar-refractivity contribution in [3.8, 4) is 0 Å². The van der Waals surface area contributed by atoms with Gasteiger partial charge in [0.2, 0.25) is 11.8 Å². The number of rotatable bonds is 8. The van der Waals surface area contributed by atoms with Crippen molar-refractivity contribution in [1.29, 1.82) is 0 Å². The third-order valence-corrected chi connectivity index (χ3v) is 1.88. The number of hydrogen-bond acceptors (Lipinski definition) is 3. The van der Waals surface area contributed by atoms with Gasteiger partial charge in [-0.2, -0.15) is 0 Å². The molecule has 3 N–H and O–H groups in total. The summed E-state index contributed by atoms with van der Waals surface area (Å²) in [6.45, 7) is 8.11. The first kappa shape index (κ1) is 14.5. The zero-order valence-corrected chi connectivity index (χ0v) is 10.1. The first-order valence-electron chi connectivity index (χ1n) is 5.59. The number of amides is 2. The standard InChI is InChI=1S/C11H21N3O2/c1-4-6-7-10(15)14-13-9(3)8-11(16)12-5-2/h13H,3-8H2,1-2H3,(H,12,16)(H,14,15). The first-order valence-corrected chi connectivity index (χ1v) is 5.59. The molecule has 16 heavy (non-hydrogen) atoms. The minimum absolute atomic E-state index is 0.0844. The zero-order valence-electron chi connectivity index (χ0n) is 10.1. The molecule has 0 aliphatic carbocycles. The fourth-order valence-electron chi connectivity index (χ4n) is 1.06. The Bertz CT molecular complexity index is 252. The first-order chi connectivity index (χ1) is 7.60. The molecule has 0 atom stereocenters. The van der Waals surface area contributed by atoms with E-state index in [1.54, 1.807) is 0 Å². The molecule has 0 bridgehead atoms. The van der Waals surface area contributed by atoms with Crippen molar-refractivity contribution < 1.29 is 9.59 Å². The molecule has 0 saturated heterocycles. The Kier molecular flexibility index (Phi) is 7.93. The Morgan fingerprint density at radius 3 is 2.38 bits per heavy atom. The van der Waals surface area contributed by atoms with Crippen molar-refractivity contribution >= 4 is 11.8 Å². The van der Waals surface area contributed by atoms with E-state index in [1.165, 1.54) is 0 Å². The second kappa shape index (κ2) is 8.76. The fourth-order valence-corrected chi connectivity index (χ4v) is 1.06. The van der Waals surface area contributed by atoms with Gasteiger partial charge < -0.3 is 10.7 Å². The van der Waals surface area contributed by atoms with E-state index >= 15 is 0 Å². The van der Waals surface area contributed by atoms with Gasteiger partial charge >= 0.3 is 0 Å². The van der Waals surface area contributed by atoms with E-state index < -0.39 is 0 Å². The van der Waals surface area contributed by atoms with E-state index in [9.17, 15) is 9.59 Å². The molecular formula is C11H21N3O2. The molecule has 0 aromatic carbocycles. The highest BCUT2D eigenvalue weighted by atomic mass is 16.2. The maximum absolute atomic E-state index is 11.2. The van der Waals surface area contributed by atoms with Crippen LogP contribution in [0.1, 0.15) is 39.5 Å². The number of nitrogens with one attached hydrogen (secondary N) is 3. The second-order valence-electron chi connectivity index (χ2n) is 3.51. The molecule has 0 aromatic heterocycles. The molecular weight excluding hydrogens is 206 g/mol. The zero-order chi connectivity index (χ0) is 12.4. The predicted molar refractivity (Wildman–Crippen MR) is 63.2 cm³/mol. The van der Waals surface area contributed by atoms with Crippen LogP contribution < -0.4 is 16.2 Å². The molecule has 0 rings (SSSR count). The van der Waals surface area contributed by atoms with Gasteiger partial charge in [0.1, 0.15) is 0 Å². The topological polar surface area (TPSA) is 70.2 Å². The number of unbranched alkanes of at least 4 members (excludes halogenated alkanes) is 1. The van der Waals surface area contributed by atoms with Crippen LogP contribution in [0.4, 0.5) is 0 Å². The van der Waals surface area contributed by atoms with E-state index in [-0.39, 0.29) is 18.2 Å². The molecule has 0 heterocycles. The Morgan fingerprint density at radius 2 is 1.81 bits per heavy atom. The smallest absolute Gasteiger partial charge is 0.238 e. The molecule has 0 saturated carbocycles. The Morgan fingerprint density at radius 1 is 1.12 bits per heavy atom. The number of carbonyl (C=O) groups is 2. The van der Waals surface area contributed by atoms with E-state index in [4.69, 9.17) is 0 Å². The second-order valence-corrected chi connectivity index (χ2v) is 3.51. The van der Waals surface area contributed by atoms with Crippen LogP contribution in [0.5, 0.6) is 0 Å². The highest BCUT2D eigenvalue weighted by molar-refractivity contribution is 5.78. The van der Waals surface area contributed by atoms with Crippen LogP contribution in [0, 0.1) is 0 Å². The summed E-state index contributed by atoms with van der Waals surface area (Å²) in [5.74, 6) is -0.193. The highest BCUT2D eigenvalue weighted by Gasteiger charge is 2.04. The molecule has 0 aliphatic rings. The Hall–Kier alpha value is -1.52. The van der Waals surface area contributed by atoms with E-state index in [0.29, 0.717) is 18.7 Å². The fraction of sp³-hybridized carbons (Fsp3) is 0.636. The predicted octanol–water partition coefficient (Wildman–Crippen LogP) is 0.837. The van der Waals surface area contributed by atoms with Gasteiger partial charge in [0.15, 0.2) is 0 Å². The molecule has 0 radical (unpaired) electrons. The van der Waals surface area contributed by atoms with Crippen LogP contribution in [-0.2, 0) is 9.59 Å². The summed E-state index contributed by atoms with van der Waals surface area (Å²) < 4.78 is 0. The lowest BCUT2D eigenvalue weighted by atomic mass is 10.2. The third-order valence-electron chi connectivity index (χ3n) is 1.88. The summed E-state index contributed by atoms with van der Waals surface area (Å²) in [6, 6.07) is 0. The van der Waals surface area contributed by atoms with Gasteiger partial charge in [0.25, 0.3) is 0 Å². The monoisotopic (exact) mass is 227 g/mol. The molecule has 0 unspecified atom stereocenters. The van der Waals surface area contributed by atoms with E-state index in [0.717, 1.165) is 12.8 Å². The van der Waals surface area contributed by atoms with Crippen molar-refractivity contribution in [1.82, 2.24) is 16.2 Å². The van der Waals surface area contributed by atoms with E-state index in [2.05, 4.69) is 22.7 Å². The van der Waals surface area contributed by atoms with Gasteiger partial charge in [-0.05, 0) is 13.3 Å². The Labute approximate surface area is 96.6 Å². The van der Waals surface area contributed by atoms with Crippen molar-refractivity contribution in [3.05, 3.63) is 12.3 Å². The normalized spacial score (nSPS) is 9.38. The van der Waals surface area contributed by atoms with Crippen LogP contribution >= 0.6 is 0 Å². The molecule has 0 fully saturated rings. The molecule has 5 nitrogen and oxygen atoms in total. The van der Waals surface area contributed by atoms with Crippen molar-refractivity contribution in [2.24, 2.45) is 0 Å². The highest BCUT2D eigenvalue weighted by Crippen LogP contribution is 1.94. The lowest BCUT2D eigenvalue weighted by molar-refractivity contribution is -0.123. The summed E-state index contributed by atoms with van der Waals surface area (Å²) in [4.78, 5) is 22.3. The van der Waals surface area contributed by atoms with Crippen LogP contribution in [0.2, 0.25) is 0 Å². The van der Waals surface area contributed by atoms with Crippen LogP contribution in [0.25, 0.3) is 0 Å². The van der Waals surface area contributed by atoms with Gasteiger partial charge in [0.05, 0.1) is 6.42 Å². The summed E-state index contributed by atoms with van der Waals surface area (Å²) in [6.07, 6.45) is 2.49. The van der Waals surface area contributed by atoms with E-state index in [1.807, 2.05) is 13.8 Å². The number of hydrogen-bond donors (Lipinski definition) is 3. The summed E-state index contributed by atoms with van der Waals surface area (Å²) in [7, 11) is 0. The minimum Gasteiger partial charge on any atom is -0.356 e.